The molecule has 2 aliphatic heterocycles. The Morgan fingerprint density at radius 1 is 1.10 bits per heavy atom. The van der Waals surface area contributed by atoms with Crippen molar-refractivity contribution in [3.63, 3.8) is 0 Å². The molecular weight excluding hydrogens is 524 g/mol. The number of hydrogen-bond acceptors (Lipinski definition) is 10. The van der Waals surface area contributed by atoms with Crippen molar-refractivity contribution in [2.45, 2.75) is 64.2 Å². The number of hydroxylamine groups is 2. The minimum Gasteiger partial charge on any atom is -0.489 e. The fraction of sp³-hybridized carbons (Fsp3) is 0.467. The van der Waals surface area contributed by atoms with Crippen LogP contribution in [-0.4, -0.2) is 64.0 Å². The number of piperidine rings is 1. The van der Waals surface area contributed by atoms with Gasteiger partial charge in [0.2, 0.25) is 0 Å². The predicted octanol–water partition coefficient (Wildman–Crippen LogP) is 5.62. The number of benzene rings is 1. The summed E-state index contributed by atoms with van der Waals surface area (Å²) in [6.45, 7) is 7.98. The van der Waals surface area contributed by atoms with Crippen molar-refractivity contribution < 1.29 is 23.8 Å². The fourth-order valence-corrected chi connectivity index (χ4v) is 4.87. The number of nitrogens with zero attached hydrogens (tertiary/aromatic N) is 5. The number of nitrogens with one attached hydrogen (secondary N) is 1. The highest BCUT2D eigenvalue weighted by atomic mass is 16.8. The summed E-state index contributed by atoms with van der Waals surface area (Å²) in [5.74, 6) is 1.27. The first kappa shape index (κ1) is 28.4. The lowest BCUT2D eigenvalue weighted by molar-refractivity contribution is -0.154. The normalized spacial score (nSPS) is 17.0. The van der Waals surface area contributed by atoms with Crippen LogP contribution in [0.4, 0.5) is 16.3 Å². The minimum absolute atomic E-state index is 0.0671. The van der Waals surface area contributed by atoms with Crippen molar-refractivity contribution in [3.05, 3.63) is 54.5 Å². The van der Waals surface area contributed by atoms with Crippen LogP contribution in [-0.2, 0) is 14.3 Å². The third-order valence-electron chi connectivity index (χ3n) is 6.92. The van der Waals surface area contributed by atoms with Gasteiger partial charge in [0.15, 0.2) is 0 Å². The molecule has 2 aromatic heterocycles. The summed E-state index contributed by atoms with van der Waals surface area (Å²) in [7, 11) is 0. The summed E-state index contributed by atoms with van der Waals surface area (Å²) in [4.78, 5) is 21.7. The smallest absolute Gasteiger partial charge is 0.489 e. The zero-order valence-electron chi connectivity index (χ0n) is 23.7. The van der Waals surface area contributed by atoms with Gasteiger partial charge in [0.1, 0.15) is 29.3 Å². The average molecular weight is 561 g/mol. The molecule has 2 aliphatic rings. The van der Waals surface area contributed by atoms with Crippen molar-refractivity contribution in [3.8, 4) is 22.9 Å². The number of aromatic nitrogens is 3. The van der Waals surface area contributed by atoms with Gasteiger partial charge in [-0.15, -0.1) is 5.06 Å². The zero-order chi connectivity index (χ0) is 28.8. The Kier molecular flexibility index (Phi) is 8.71. The number of pyridine rings is 1. The van der Waals surface area contributed by atoms with E-state index in [1.165, 1.54) is 0 Å². The van der Waals surface area contributed by atoms with Crippen LogP contribution in [0.2, 0.25) is 0 Å². The highest BCUT2D eigenvalue weighted by molar-refractivity contribution is 5.70. The molecule has 0 saturated carbocycles. The topological polar surface area (TPSA) is 124 Å². The van der Waals surface area contributed by atoms with Crippen LogP contribution in [0.15, 0.2) is 48.9 Å². The minimum atomic E-state index is -0.681. The summed E-state index contributed by atoms with van der Waals surface area (Å²) < 4.78 is 18.7. The molecule has 1 aromatic carbocycles. The van der Waals surface area contributed by atoms with E-state index in [9.17, 15) is 10.1 Å². The molecule has 4 heterocycles. The highest BCUT2D eigenvalue weighted by Crippen LogP contribution is 2.30. The van der Waals surface area contributed by atoms with Crippen molar-refractivity contribution >= 4 is 17.7 Å². The first-order valence-corrected chi connectivity index (χ1v) is 14.0. The summed E-state index contributed by atoms with van der Waals surface area (Å²) >= 11 is 0. The van der Waals surface area contributed by atoms with Crippen LogP contribution in [0.5, 0.6) is 5.75 Å². The Morgan fingerprint density at radius 3 is 2.59 bits per heavy atom. The summed E-state index contributed by atoms with van der Waals surface area (Å²) in [5, 5.41) is 19.3. The molecule has 2 fully saturated rings. The van der Waals surface area contributed by atoms with E-state index in [1.807, 2.05) is 62.0 Å². The standard InChI is InChI=1S/C30H36N6O5/c1-30(2,3)40-29(37)41-35-12-7-25(8-13-35)36-20-24(19-33-36)34-28-17-22(6-11-32-28)21-4-5-27(23(16-21)18-31)39-26-9-14-38-15-10-26/h4-6,11,16-17,19-20,25-26H,7-10,12-15H2,1-3H3,(H,32,34). The lowest BCUT2D eigenvalue weighted by Gasteiger charge is -2.31. The van der Waals surface area contributed by atoms with E-state index >= 15 is 0 Å². The molecule has 0 unspecified atom stereocenters. The summed E-state index contributed by atoms with van der Waals surface area (Å²) in [6, 6.07) is 12.0. The van der Waals surface area contributed by atoms with Crippen LogP contribution in [0.25, 0.3) is 11.1 Å². The molecule has 2 saturated heterocycles. The second-order valence-electron chi connectivity index (χ2n) is 11.2. The Labute approximate surface area is 239 Å². The number of hydrogen-bond donors (Lipinski definition) is 1. The second-order valence-corrected chi connectivity index (χ2v) is 11.2. The third kappa shape index (κ3) is 7.74. The van der Waals surface area contributed by atoms with Gasteiger partial charge < -0.3 is 24.4 Å². The van der Waals surface area contributed by atoms with E-state index in [4.69, 9.17) is 19.0 Å². The predicted molar refractivity (Wildman–Crippen MR) is 152 cm³/mol. The van der Waals surface area contributed by atoms with E-state index in [1.54, 1.807) is 17.5 Å². The molecule has 0 radical (unpaired) electrons. The van der Waals surface area contributed by atoms with Crippen molar-refractivity contribution in [1.29, 1.82) is 5.26 Å². The van der Waals surface area contributed by atoms with Gasteiger partial charge >= 0.3 is 6.16 Å². The number of carbonyl (C=O) groups is 1. The molecule has 0 atom stereocenters. The highest BCUT2D eigenvalue weighted by Gasteiger charge is 2.26. The number of rotatable bonds is 7. The van der Waals surface area contributed by atoms with Crippen molar-refractivity contribution in [2.75, 3.05) is 31.6 Å². The monoisotopic (exact) mass is 560 g/mol. The van der Waals surface area contributed by atoms with Gasteiger partial charge in [0, 0.05) is 38.3 Å². The zero-order valence-corrected chi connectivity index (χ0v) is 23.7. The Balaban J connectivity index is 1.18. The van der Waals surface area contributed by atoms with Gasteiger partial charge in [-0.3, -0.25) is 4.68 Å². The van der Waals surface area contributed by atoms with E-state index < -0.39 is 11.8 Å². The SMILES string of the molecule is CC(C)(C)OC(=O)ON1CCC(n2cc(Nc3cc(-c4ccc(OC5CCOCC5)c(C#N)c4)ccn3)cn2)CC1. The quantitative estimate of drug-likeness (QED) is 0.364. The van der Waals surface area contributed by atoms with Gasteiger partial charge in [-0.2, -0.15) is 10.4 Å². The summed E-state index contributed by atoms with van der Waals surface area (Å²) in [6.07, 6.45) is 8.07. The first-order valence-electron chi connectivity index (χ1n) is 14.0. The van der Waals surface area contributed by atoms with Crippen molar-refractivity contribution in [1.82, 2.24) is 19.8 Å². The van der Waals surface area contributed by atoms with Crippen LogP contribution in [0.3, 0.4) is 0 Å². The Morgan fingerprint density at radius 2 is 1.85 bits per heavy atom. The largest absolute Gasteiger partial charge is 0.528 e. The Bertz CT molecular complexity index is 1380. The fourth-order valence-electron chi connectivity index (χ4n) is 4.87. The molecule has 3 aromatic rings. The molecule has 11 heteroatoms. The first-order chi connectivity index (χ1) is 19.8. The summed E-state index contributed by atoms with van der Waals surface area (Å²) in [5.41, 5.74) is 2.57. The van der Waals surface area contributed by atoms with Gasteiger partial charge in [-0.05, 0) is 69.0 Å². The molecule has 1 N–H and O–H groups in total. The molecule has 0 bridgehead atoms. The van der Waals surface area contributed by atoms with Gasteiger partial charge in [-0.1, -0.05) is 6.07 Å². The molecular formula is C30H36N6O5. The van der Waals surface area contributed by atoms with E-state index in [0.29, 0.717) is 43.4 Å². The maximum Gasteiger partial charge on any atom is 0.528 e. The second kappa shape index (κ2) is 12.6. The number of carbonyl (C=O) groups excluding carboxylic acids is 1. The van der Waals surface area contributed by atoms with Crippen LogP contribution in [0, 0.1) is 11.3 Å². The van der Waals surface area contributed by atoms with Gasteiger partial charge in [0.25, 0.3) is 0 Å². The van der Waals surface area contributed by atoms with Crippen LogP contribution in [0.1, 0.15) is 58.1 Å². The molecule has 0 aliphatic carbocycles. The van der Waals surface area contributed by atoms with Crippen LogP contribution < -0.4 is 10.1 Å². The molecule has 216 valence electrons. The maximum absolute atomic E-state index is 11.9. The van der Waals surface area contributed by atoms with Gasteiger partial charge in [0.05, 0.1) is 36.7 Å². The lowest BCUT2D eigenvalue weighted by atomic mass is 10.0. The number of ether oxygens (including phenoxy) is 3. The van der Waals surface area contributed by atoms with Gasteiger partial charge in [-0.25, -0.2) is 9.78 Å². The molecule has 0 spiro atoms. The number of nitriles is 1. The van der Waals surface area contributed by atoms with E-state index in [0.717, 1.165) is 42.5 Å². The molecule has 41 heavy (non-hydrogen) atoms. The maximum atomic E-state index is 11.9. The van der Waals surface area contributed by atoms with Crippen LogP contribution >= 0.6 is 0 Å². The van der Waals surface area contributed by atoms with E-state index in [2.05, 4.69) is 21.5 Å². The molecule has 5 rings (SSSR count). The molecule has 11 nitrogen and oxygen atoms in total. The number of anilines is 2. The molecule has 0 amide bonds. The lowest BCUT2D eigenvalue weighted by Crippen LogP contribution is -2.38. The average Bonchev–Trinajstić information content (AvgIpc) is 3.41. The third-order valence-corrected chi connectivity index (χ3v) is 6.92. The van der Waals surface area contributed by atoms with E-state index in [-0.39, 0.29) is 12.1 Å². The Hall–Kier alpha value is -4.14. The van der Waals surface area contributed by atoms with Crippen molar-refractivity contribution in [2.24, 2.45) is 0 Å².